The lowest BCUT2D eigenvalue weighted by molar-refractivity contribution is 0.0327. The third-order valence-corrected chi connectivity index (χ3v) is 2.35. The van der Waals surface area contributed by atoms with Crippen LogP contribution in [0.25, 0.3) is 0 Å². The van der Waals surface area contributed by atoms with E-state index in [2.05, 4.69) is 44.7 Å². The van der Waals surface area contributed by atoms with Gasteiger partial charge in [0.1, 0.15) is 0 Å². The van der Waals surface area contributed by atoms with Gasteiger partial charge in [-0.2, -0.15) is 0 Å². The molecule has 0 rings (SSSR count). The summed E-state index contributed by atoms with van der Waals surface area (Å²) in [6.07, 6.45) is 0.342. The summed E-state index contributed by atoms with van der Waals surface area (Å²) >= 11 is 0. The molecule has 0 spiro atoms. The Hall–Kier alpha value is -0.120. The fourth-order valence-electron chi connectivity index (χ4n) is 1.33. The van der Waals surface area contributed by atoms with Gasteiger partial charge in [0, 0.05) is 13.1 Å². The molecule has 1 atom stereocenters. The van der Waals surface area contributed by atoms with E-state index in [9.17, 15) is 0 Å². The van der Waals surface area contributed by atoms with Crippen molar-refractivity contribution < 1.29 is 4.74 Å². The summed E-state index contributed by atoms with van der Waals surface area (Å²) in [4.78, 5) is 4.53. The van der Waals surface area contributed by atoms with Crippen LogP contribution in [-0.2, 0) is 4.74 Å². The predicted molar refractivity (Wildman–Crippen MR) is 61.8 cm³/mol. The number of hydrogen-bond donors (Lipinski definition) is 0. The lowest BCUT2D eigenvalue weighted by Crippen LogP contribution is -2.33. The van der Waals surface area contributed by atoms with Crippen molar-refractivity contribution in [1.82, 2.24) is 9.80 Å². The number of nitrogens with zero attached hydrogens (tertiary/aromatic N) is 2. The first kappa shape index (κ1) is 13.9. The Morgan fingerprint density at radius 3 is 2.14 bits per heavy atom. The van der Waals surface area contributed by atoms with Crippen molar-refractivity contribution in [3.05, 3.63) is 0 Å². The summed E-state index contributed by atoms with van der Waals surface area (Å²) in [5.74, 6) is 0. The van der Waals surface area contributed by atoms with Gasteiger partial charge in [0.05, 0.1) is 12.7 Å². The third-order valence-electron chi connectivity index (χ3n) is 2.35. The van der Waals surface area contributed by atoms with Crippen LogP contribution in [0.4, 0.5) is 0 Å². The van der Waals surface area contributed by atoms with Gasteiger partial charge < -0.3 is 14.5 Å². The number of ether oxygens (including phenoxy) is 1. The Kier molecular flexibility index (Phi) is 8.14. The van der Waals surface area contributed by atoms with E-state index >= 15 is 0 Å². The van der Waals surface area contributed by atoms with Gasteiger partial charge >= 0.3 is 0 Å². The zero-order chi connectivity index (χ0) is 11.0. The molecule has 0 heterocycles. The largest absolute Gasteiger partial charge is 0.376 e. The topological polar surface area (TPSA) is 15.7 Å². The van der Waals surface area contributed by atoms with E-state index in [1.807, 2.05) is 0 Å². The predicted octanol–water partition coefficient (Wildman–Crippen LogP) is 1.29. The number of rotatable bonds is 8. The lowest BCUT2D eigenvalue weighted by Gasteiger charge is -2.23. The summed E-state index contributed by atoms with van der Waals surface area (Å²) < 4.78 is 5.70. The Bertz CT molecular complexity index is 124. The van der Waals surface area contributed by atoms with Crippen LogP contribution >= 0.6 is 0 Å². The average Bonchev–Trinajstić information content (AvgIpc) is 2.13. The minimum absolute atomic E-state index is 0.342. The second kappa shape index (κ2) is 8.21. The van der Waals surface area contributed by atoms with E-state index in [1.165, 1.54) is 0 Å². The first-order valence-corrected chi connectivity index (χ1v) is 5.58. The van der Waals surface area contributed by atoms with Gasteiger partial charge in [-0.3, -0.25) is 0 Å². The first-order chi connectivity index (χ1) is 6.60. The molecule has 0 fully saturated rings. The molecule has 1 unspecified atom stereocenters. The number of hydrogen-bond acceptors (Lipinski definition) is 3. The maximum atomic E-state index is 5.70. The van der Waals surface area contributed by atoms with Crippen LogP contribution in [0.1, 0.15) is 20.8 Å². The number of likely N-dealkylation sites (N-methyl/N-ethyl adjacent to an activating group) is 2. The Balaban J connectivity index is 3.48. The van der Waals surface area contributed by atoms with Crippen LogP contribution in [0, 0.1) is 0 Å². The average molecular weight is 202 g/mol. The van der Waals surface area contributed by atoms with Crippen LogP contribution in [-0.4, -0.2) is 62.8 Å². The maximum absolute atomic E-state index is 5.70. The van der Waals surface area contributed by atoms with Crippen LogP contribution in [0.15, 0.2) is 0 Å². The van der Waals surface area contributed by atoms with Crippen molar-refractivity contribution in [3.8, 4) is 0 Å². The highest BCUT2D eigenvalue weighted by molar-refractivity contribution is 4.59. The molecule has 3 nitrogen and oxygen atoms in total. The van der Waals surface area contributed by atoms with E-state index in [4.69, 9.17) is 4.74 Å². The molecule has 0 aromatic heterocycles. The molecule has 0 saturated heterocycles. The van der Waals surface area contributed by atoms with Gasteiger partial charge in [0.2, 0.25) is 0 Å². The molecule has 0 aliphatic heterocycles. The molecule has 0 N–H and O–H groups in total. The fraction of sp³-hybridized carbons (Fsp3) is 1.00. The van der Waals surface area contributed by atoms with Crippen LogP contribution in [0.3, 0.4) is 0 Å². The first-order valence-electron chi connectivity index (χ1n) is 5.58. The van der Waals surface area contributed by atoms with Gasteiger partial charge in [-0.15, -0.1) is 0 Å². The smallest absolute Gasteiger partial charge is 0.0674 e. The fourth-order valence-corrected chi connectivity index (χ4v) is 1.33. The van der Waals surface area contributed by atoms with Crippen molar-refractivity contribution >= 4 is 0 Å². The van der Waals surface area contributed by atoms with Gasteiger partial charge in [-0.05, 0) is 34.1 Å². The molecule has 0 aromatic carbocycles. The summed E-state index contributed by atoms with van der Waals surface area (Å²) in [5, 5.41) is 0. The summed E-state index contributed by atoms with van der Waals surface area (Å²) in [5.41, 5.74) is 0. The molecule has 3 heteroatoms. The zero-order valence-electron chi connectivity index (χ0n) is 10.4. The molecule has 0 saturated carbocycles. The Morgan fingerprint density at radius 1 is 1.14 bits per heavy atom. The SMILES string of the molecule is CCN(CC)CC(C)OCCN(C)C. The molecule has 0 aliphatic rings. The minimum Gasteiger partial charge on any atom is -0.376 e. The Morgan fingerprint density at radius 2 is 1.71 bits per heavy atom. The molecular weight excluding hydrogens is 176 g/mol. The maximum Gasteiger partial charge on any atom is 0.0674 e. The second-order valence-electron chi connectivity index (χ2n) is 3.97. The monoisotopic (exact) mass is 202 g/mol. The highest BCUT2D eigenvalue weighted by Crippen LogP contribution is 1.96. The molecule has 0 radical (unpaired) electrons. The van der Waals surface area contributed by atoms with E-state index in [0.717, 1.165) is 32.8 Å². The highest BCUT2D eigenvalue weighted by Gasteiger charge is 2.06. The Labute approximate surface area is 89.0 Å². The molecule has 0 bridgehead atoms. The van der Waals surface area contributed by atoms with E-state index in [-0.39, 0.29) is 0 Å². The zero-order valence-corrected chi connectivity index (χ0v) is 10.4. The quantitative estimate of drug-likeness (QED) is 0.590. The molecule has 14 heavy (non-hydrogen) atoms. The second-order valence-corrected chi connectivity index (χ2v) is 3.97. The normalized spacial score (nSPS) is 13.9. The summed E-state index contributed by atoms with van der Waals surface area (Å²) in [6, 6.07) is 0. The van der Waals surface area contributed by atoms with E-state index in [1.54, 1.807) is 0 Å². The molecular formula is C11H26N2O. The van der Waals surface area contributed by atoms with E-state index in [0.29, 0.717) is 6.10 Å². The van der Waals surface area contributed by atoms with Crippen molar-refractivity contribution in [2.45, 2.75) is 26.9 Å². The molecule has 0 aliphatic carbocycles. The van der Waals surface area contributed by atoms with Crippen LogP contribution in [0.2, 0.25) is 0 Å². The molecule has 86 valence electrons. The van der Waals surface area contributed by atoms with Crippen molar-refractivity contribution in [1.29, 1.82) is 0 Å². The summed E-state index contributed by atoms with van der Waals surface area (Å²) in [6.45, 7) is 11.6. The van der Waals surface area contributed by atoms with Crippen LogP contribution in [0.5, 0.6) is 0 Å². The molecule has 0 amide bonds. The lowest BCUT2D eigenvalue weighted by atomic mass is 10.3. The van der Waals surface area contributed by atoms with Crippen molar-refractivity contribution in [3.63, 3.8) is 0 Å². The van der Waals surface area contributed by atoms with E-state index < -0.39 is 0 Å². The van der Waals surface area contributed by atoms with Crippen LogP contribution < -0.4 is 0 Å². The molecule has 0 aromatic rings. The van der Waals surface area contributed by atoms with Gasteiger partial charge in [-0.25, -0.2) is 0 Å². The third kappa shape index (κ3) is 7.30. The van der Waals surface area contributed by atoms with Gasteiger partial charge in [0.15, 0.2) is 0 Å². The summed E-state index contributed by atoms with van der Waals surface area (Å²) in [7, 11) is 4.14. The van der Waals surface area contributed by atoms with Crippen molar-refractivity contribution in [2.24, 2.45) is 0 Å². The van der Waals surface area contributed by atoms with Gasteiger partial charge in [-0.1, -0.05) is 13.8 Å². The standard InChI is InChI=1S/C11H26N2O/c1-6-13(7-2)10-11(3)14-9-8-12(4)5/h11H,6-10H2,1-5H3. The highest BCUT2D eigenvalue weighted by atomic mass is 16.5. The minimum atomic E-state index is 0.342. The van der Waals surface area contributed by atoms with Crippen molar-refractivity contribution in [2.75, 3.05) is 46.9 Å². The van der Waals surface area contributed by atoms with Gasteiger partial charge in [0.25, 0.3) is 0 Å².